The zero-order valence-corrected chi connectivity index (χ0v) is 7.25. The van der Waals surface area contributed by atoms with E-state index in [1.165, 1.54) is 19.3 Å². The zero-order chi connectivity index (χ0) is 8.23. The van der Waals surface area contributed by atoms with E-state index in [9.17, 15) is 0 Å². The summed E-state index contributed by atoms with van der Waals surface area (Å²) in [6, 6.07) is 3.94. The molecule has 0 spiro atoms. The van der Waals surface area contributed by atoms with Gasteiger partial charge in [-0.15, -0.1) is 0 Å². The van der Waals surface area contributed by atoms with Crippen LogP contribution in [-0.4, -0.2) is 6.54 Å². The van der Waals surface area contributed by atoms with E-state index in [4.69, 9.17) is 4.42 Å². The Labute approximate surface area is 73.0 Å². The van der Waals surface area contributed by atoms with Crippen LogP contribution in [0.1, 0.15) is 25.0 Å². The molecule has 0 bridgehead atoms. The molecule has 1 heterocycles. The van der Waals surface area contributed by atoms with E-state index < -0.39 is 0 Å². The minimum atomic E-state index is 0.878. The third-order valence-electron chi connectivity index (χ3n) is 2.54. The lowest BCUT2D eigenvalue weighted by atomic mass is 9.85. The highest BCUT2D eigenvalue weighted by atomic mass is 16.3. The molecule has 1 aromatic rings. The van der Waals surface area contributed by atoms with Crippen LogP contribution >= 0.6 is 0 Å². The highest BCUT2D eigenvalue weighted by Crippen LogP contribution is 2.25. The van der Waals surface area contributed by atoms with Crippen LogP contribution in [0.2, 0.25) is 0 Å². The van der Waals surface area contributed by atoms with Crippen molar-refractivity contribution in [3.05, 3.63) is 24.2 Å². The van der Waals surface area contributed by atoms with Crippen molar-refractivity contribution < 1.29 is 4.42 Å². The first-order valence-electron chi connectivity index (χ1n) is 4.68. The van der Waals surface area contributed by atoms with E-state index in [1.54, 1.807) is 6.26 Å². The van der Waals surface area contributed by atoms with Crippen molar-refractivity contribution >= 4 is 0 Å². The predicted octanol–water partition coefficient (Wildman–Crippen LogP) is 2.17. The summed E-state index contributed by atoms with van der Waals surface area (Å²) in [5, 5.41) is 3.40. The van der Waals surface area contributed by atoms with Gasteiger partial charge in [-0.2, -0.15) is 0 Å². The summed E-state index contributed by atoms with van der Waals surface area (Å²) in [5.74, 6) is 1.97. The highest BCUT2D eigenvalue weighted by Gasteiger charge is 2.16. The smallest absolute Gasteiger partial charge is 0.117 e. The molecule has 1 aromatic heterocycles. The third kappa shape index (κ3) is 1.89. The number of hydrogen-bond acceptors (Lipinski definition) is 2. The summed E-state index contributed by atoms with van der Waals surface area (Å²) in [7, 11) is 0. The Morgan fingerprint density at radius 2 is 2.42 bits per heavy atom. The van der Waals surface area contributed by atoms with Crippen molar-refractivity contribution in [3.63, 3.8) is 0 Å². The van der Waals surface area contributed by atoms with Gasteiger partial charge in [-0.05, 0) is 37.4 Å². The summed E-state index contributed by atoms with van der Waals surface area (Å²) >= 11 is 0. The van der Waals surface area contributed by atoms with E-state index in [-0.39, 0.29) is 0 Å². The lowest BCUT2D eigenvalue weighted by Crippen LogP contribution is -2.26. The molecule has 0 unspecified atom stereocenters. The molecule has 66 valence electrons. The molecule has 0 radical (unpaired) electrons. The maximum absolute atomic E-state index is 5.20. The molecule has 2 heteroatoms. The molecular weight excluding hydrogens is 150 g/mol. The molecule has 0 atom stereocenters. The highest BCUT2D eigenvalue weighted by molar-refractivity contribution is 4.97. The molecule has 2 rings (SSSR count). The van der Waals surface area contributed by atoms with Crippen molar-refractivity contribution in [2.24, 2.45) is 5.92 Å². The monoisotopic (exact) mass is 165 g/mol. The fraction of sp³-hybridized carbons (Fsp3) is 0.600. The van der Waals surface area contributed by atoms with Crippen molar-refractivity contribution in [2.45, 2.75) is 25.8 Å². The number of rotatable bonds is 4. The van der Waals surface area contributed by atoms with Gasteiger partial charge in [-0.25, -0.2) is 0 Å². The van der Waals surface area contributed by atoms with Crippen molar-refractivity contribution in [2.75, 3.05) is 6.54 Å². The molecule has 0 saturated heterocycles. The minimum Gasteiger partial charge on any atom is -0.468 e. The SMILES string of the molecule is c1coc(CNCC2CCC2)c1. The Morgan fingerprint density at radius 1 is 1.50 bits per heavy atom. The number of nitrogens with one attached hydrogen (secondary N) is 1. The molecule has 0 amide bonds. The molecule has 1 saturated carbocycles. The topological polar surface area (TPSA) is 25.2 Å². The van der Waals surface area contributed by atoms with Gasteiger partial charge in [0.05, 0.1) is 12.8 Å². The molecule has 0 aromatic carbocycles. The summed E-state index contributed by atoms with van der Waals surface area (Å²) in [6.07, 6.45) is 5.96. The Kier molecular flexibility index (Phi) is 2.47. The normalized spacial score (nSPS) is 17.7. The van der Waals surface area contributed by atoms with Crippen LogP contribution in [0.25, 0.3) is 0 Å². The third-order valence-corrected chi connectivity index (χ3v) is 2.54. The molecule has 2 nitrogen and oxygen atoms in total. The summed E-state index contributed by atoms with van der Waals surface area (Å²) in [5.41, 5.74) is 0. The molecule has 0 aliphatic heterocycles. The van der Waals surface area contributed by atoms with Crippen LogP contribution in [0.4, 0.5) is 0 Å². The van der Waals surface area contributed by atoms with Crippen LogP contribution < -0.4 is 5.32 Å². The second kappa shape index (κ2) is 3.76. The predicted molar refractivity (Wildman–Crippen MR) is 47.8 cm³/mol. The largest absolute Gasteiger partial charge is 0.468 e. The van der Waals surface area contributed by atoms with Gasteiger partial charge in [0.15, 0.2) is 0 Å². The van der Waals surface area contributed by atoms with E-state index in [2.05, 4.69) is 5.32 Å². The van der Waals surface area contributed by atoms with Gasteiger partial charge in [0.25, 0.3) is 0 Å². The van der Waals surface area contributed by atoms with Crippen molar-refractivity contribution in [1.82, 2.24) is 5.32 Å². The maximum Gasteiger partial charge on any atom is 0.117 e. The van der Waals surface area contributed by atoms with E-state index in [1.807, 2.05) is 12.1 Å². The van der Waals surface area contributed by atoms with E-state index >= 15 is 0 Å². The molecule has 12 heavy (non-hydrogen) atoms. The van der Waals surface area contributed by atoms with E-state index in [0.29, 0.717) is 0 Å². The quantitative estimate of drug-likeness (QED) is 0.739. The fourth-order valence-corrected chi connectivity index (χ4v) is 1.51. The Balaban J connectivity index is 1.62. The van der Waals surface area contributed by atoms with Crippen LogP contribution in [0.5, 0.6) is 0 Å². The lowest BCUT2D eigenvalue weighted by Gasteiger charge is -2.25. The summed E-state index contributed by atoms with van der Waals surface area (Å²) in [4.78, 5) is 0. The van der Waals surface area contributed by atoms with Gasteiger partial charge < -0.3 is 9.73 Å². The van der Waals surface area contributed by atoms with Crippen molar-refractivity contribution in [1.29, 1.82) is 0 Å². The zero-order valence-electron chi connectivity index (χ0n) is 7.25. The van der Waals surface area contributed by atoms with Gasteiger partial charge in [0, 0.05) is 0 Å². The second-order valence-corrected chi connectivity index (χ2v) is 3.51. The van der Waals surface area contributed by atoms with E-state index in [0.717, 1.165) is 24.8 Å². The average Bonchev–Trinajstić information content (AvgIpc) is 2.46. The Bertz CT molecular complexity index is 214. The van der Waals surface area contributed by atoms with Crippen LogP contribution in [-0.2, 0) is 6.54 Å². The molecule has 1 fully saturated rings. The fourth-order valence-electron chi connectivity index (χ4n) is 1.51. The minimum absolute atomic E-state index is 0.878. The first kappa shape index (κ1) is 7.87. The lowest BCUT2D eigenvalue weighted by molar-refractivity contribution is 0.297. The van der Waals surface area contributed by atoms with Gasteiger partial charge in [-0.3, -0.25) is 0 Å². The molecular formula is C10H15NO. The first-order chi connectivity index (χ1) is 5.95. The van der Waals surface area contributed by atoms with Gasteiger partial charge in [0.2, 0.25) is 0 Å². The summed E-state index contributed by atoms with van der Waals surface area (Å²) in [6.45, 7) is 2.03. The first-order valence-corrected chi connectivity index (χ1v) is 4.68. The number of furan rings is 1. The van der Waals surface area contributed by atoms with Crippen molar-refractivity contribution in [3.8, 4) is 0 Å². The number of hydrogen-bond donors (Lipinski definition) is 1. The maximum atomic E-state index is 5.20. The van der Waals surface area contributed by atoms with Gasteiger partial charge in [0.1, 0.15) is 5.76 Å². The second-order valence-electron chi connectivity index (χ2n) is 3.51. The molecule has 1 aliphatic rings. The standard InChI is InChI=1S/C10H15NO/c1-3-9(4-1)7-11-8-10-5-2-6-12-10/h2,5-6,9,11H,1,3-4,7-8H2. The van der Waals surface area contributed by atoms with Crippen LogP contribution in [0.3, 0.4) is 0 Å². The Hall–Kier alpha value is -0.760. The molecule has 1 N–H and O–H groups in total. The Morgan fingerprint density at radius 3 is 3.00 bits per heavy atom. The summed E-state index contributed by atoms with van der Waals surface area (Å²) < 4.78 is 5.20. The van der Waals surface area contributed by atoms with Gasteiger partial charge in [-0.1, -0.05) is 6.42 Å². The van der Waals surface area contributed by atoms with Crippen LogP contribution in [0, 0.1) is 5.92 Å². The van der Waals surface area contributed by atoms with Crippen LogP contribution in [0.15, 0.2) is 22.8 Å². The average molecular weight is 165 g/mol. The van der Waals surface area contributed by atoms with Gasteiger partial charge >= 0.3 is 0 Å². The molecule has 1 aliphatic carbocycles.